The van der Waals surface area contributed by atoms with Crippen LogP contribution in [0.1, 0.15) is 5.76 Å². The van der Waals surface area contributed by atoms with Crippen LogP contribution in [0.25, 0.3) is 6.08 Å². The molecule has 1 aliphatic heterocycles. The van der Waals surface area contributed by atoms with Gasteiger partial charge in [0.15, 0.2) is 10.3 Å². The highest BCUT2D eigenvalue weighted by atomic mass is 35.5. The van der Waals surface area contributed by atoms with Crippen LogP contribution in [-0.4, -0.2) is 28.4 Å². The Morgan fingerprint density at radius 3 is 2.79 bits per heavy atom. The van der Waals surface area contributed by atoms with Gasteiger partial charge in [-0.05, 0) is 42.0 Å². The first kappa shape index (κ1) is 13.5. The maximum Gasteiger partial charge on any atom is 0.266 e. The maximum atomic E-state index is 12.1. The molecule has 0 saturated carbocycles. The fourth-order valence-electron chi connectivity index (χ4n) is 1.54. The third-order valence-corrected chi connectivity index (χ3v) is 2.90. The normalized spacial score (nSPS) is 17.8. The first-order valence-corrected chi connectivity index (χ1v) is 6.06. The number of nitrogens with zero attached hydrogens (tertiary/aromatic N) is 1. The Balaban J connectivity index is 2.35. The Morgan fingerprint density at radius 1 is 1.47 bits per heavy atom. The zero-order valence-corrected chi connectivity index (χ0v) is 11.3. The minimum atomic E-state index is -0.567. The van der Waals surface area contributed by atoms with Gasteiger partial charge in [-0.25, -0.2) is 0 Å². The van der Waals surface area contributed by atoms with E-state index in [-0.39, 0.29) is 22.4 Å². The van der Waals surface area contributed by atoms with Gasteiger partial charge < -0.3 is 4.42 Å². The van der Waals surface area contributed by atoms with Crippen molar-refractivity contribution in [3.63, 3.8) is 0 Å². The Kier molecular flexibility index (Phi) is 3.82. The number of carbonyl (C=O) groups excluding carboxylic acids is 2. The minimum Gasteiger partial charge on any atom is -0.445 e. The summed E-state index contributed by atoms with van der Waals surface area (Å²) in [7, 11) is 0. The van der Waals surface area contributed by atoms with Gasteiger partial charge in [-0.15, -0.1) is 6.58 Å². The molecule has 98 valence electrons. The van der Waals surface area contributed by atoms with E-state index < -0.39 is 11.8 Å². The van der Waals surface area contributed by atoms with Crippen molar-refractivity contribution in [2.24, 2.45) is 0 Å². The van der Waals surface area contributed by atoms with Gasteiger partial charge in [-0.2, -0.15) is 0 Å². The summed E-state index contributed by atoms with van der Waals surface area (Å²) in [6.45, 7) is 3.75. The molecule has 0 atom stereocenters. The monoisotopic (exact) mass is 296 g/mol. The van der Waals surface area contributed by atoms with Gasteiger partial charge in [0, 0.05) is 6.54 Å². The first-order chi connectivity index (χ1) is 9.02. The lowest BCUT2D eigenvalue weighted by Gasteiger charge is -2.27. The van der Waals surface area contributed by atoms with Crippen LogP contribution in [0.3, 0.4) is 0 Å². The van der Waals surface area contributed by atoms with Crippen LogP contribution in [-0.2, 0) is 9.59 Å². The van der Waals surface area contributed by atoms with E-state index in [0.717, 1.165) is 0 Å². The fourth-order valence-corrected chi connectivity index (χ4v) is 1.94. The summed E-state index contributed by atoms with van der Waals surface area (Å²) in [5, 5.41) is 2.66. The smallest absolute Gasteiger partial charge is 0.266 e. The van der Waals surface area contributed by atoms with E-state index >= 15 is 0 Å². The van der Waals surface area contributed by atoms with Gasteiger partial charge in [0.05, 0.1) is 0 Å². The van der Waals surface area contributed by atoms with Crippen LogP contribution in [0.4, 0.5) is 0 Å². The average Bonchev–Trinajstić information content (AvgIpc) is 2.76. The molecule has 0 spiro atoms. The standard InChI is InChI=1S/C12H9ClN2O3S/c1-2-5-15-11(17)8(10(16)14-12(15)19)6-7-3-4-9(13)18-7/h2-4,6H,1,5H2,(H,14,16,19). The van der Waals surface area contributed by atoms with Crippen LogP contribution in [0.15, 0.2) is 34.8 Å². The Bertz CT molecular complexity index is 606. The molecule has 5 nitrogen and oxygen atoms in total. The second-order valence-electron chi connectivity index (χ2n) is 3.66. The van der Waals surface area contributed by atoms with E-state index in [1.807, 2.05) is 0 Å². The van der Waals surface area contributed by atoms with Crippen molar-refractivity contribution in [2.45, 2.75) is 0 Å². The van der Waals surface area contributed by atoms with Gasteiger partial charge in [0.2, 0.25) is 0 Å². The van der Waals surface area contributed by atoms with Crippen LogP contribution >= 0.6 is 23.8 Å². The van der Waals surface area contributed by atoms with E-state index in [4.69, 9.17) is 28.2 Å². The van der Waals surface area contributed by atoms with E-state index in [2.05, 4.69) is 11.9 Å². The highest BCUT2D eigenvalue weighted by Gasteiger charge is 2.32. The van der Waals surface area contributed by atoms with E-state index in [1.54, 1.807) is 6.07 Å². The van der Waals surface area contributed by atoms with Gasteiger partial charge in [-0.1, -0.05) is 6.08 Å². The molecule has 1 aromatic heterocycles. The number of rotatable bonds is 3. The lowest BCUT2D eigenvalue weighted by atomic mass is 10.1. The molecule has 2 heterocycles. The highest BCUT2D eigenvalue weighted by Crippen LogP contribution is 2.18. The molecule has 2 amide bonds. The molecular formula is C12H9ClN2O3S. The largest absolute Gasteiger partial charge is 0.445 e. The molecule has 7 heteroatoms. The average molecular weight is 297 g/mol. The summed E-state index contributed by atoms with van der Waals surface area (Å²) in [4.78, 5) is 25.1. The minimum absolute atomic E-state index is 0.0597. The third kappa shape index (κ3) is 2.74. The van der Waals surface area contributed by atoms with E-state index in [9.17, 15) is 9.59 Å². The predicted molar refractivity (Wildman–Crippen MR) is 74.3 cm³/mol. The number of carbonyl (C=O) groups is 2. The number of hydrogen-bond donors (Lipinski definition) is 1. The molecule has 2 rings (SSSR count). The van der Waals surface area contributed by atoms with Crippen molar-refractivity contribution in [3.05, 3.63) is 41.3 Å². The van der Waals surface area contributed by atoms with Crippen molar-refractivity contribution in [2.75, 3.05) is 6.54 Å². The molecule has 0 bridgehead atoms. The number of hydrogen-bond acceptors (Lipinski definition) is 4. The second kappa shape index (κ2) is 5.38. The van der Waals surface area contributed by atoms with Gasteiger partial charge in [0.1, 0.15) is 11.3 Å². The van der Waals surface area contributed by atoms with Gasteiger partial charge in [-0.3, -0.25) is 19.8 Å². The molecule has 0 aliphatic carbocycles. The van der Waals surface area contributed by atoms with Crippen LogP contribution in [0.5, 0.6) is 0 Å². The first-order valence-electron chi connectivity index (χ1n) is 5.28. The van der Waals surface area contributed by atoms with Crippen molar-refractivity contribution in [1.29, 1.82) is 0 Å². The zero-order valence-electron chi connectivity index (χ0n) is 9.68. The highest BCUT2D eigenvalue weighted by molar-refractivity contribution is 7.80. The molecule has 1 fully saturated rings. The lowest BCUT2D eigenvalue weighted by Crippen LogP contribution is -2.53. The molecular weight excluding hydrogens is 288 g/mol. The summed E-state index contributed by atoms with van der Waals surface area (Å²) in [5.41, 5.74) is -0.0681. The summed E-state index contributed by atoms with van der Waals surface area (Å²) in [5.74, 6) is -0.751. The number of thiocarbonyl (C=S) groups is 1. The van der Waals surface area contributed by atoms with Crippen LogP contribution < -0.4 is 5.32 Å². The Hall–Kier alpha value is -1.92. The quantitative estimate of drug-likeness (QED) is 0.399. The molecule has 0 radical (unpaired) electrons. The number of halogens is 1. The van der Waals surface area contributed by atoms with Crippen molar-refractivity contribution < 1.29 is 14.0 Å². The summed E-state index contributed by atoms with van der Waals surface area (Å²) in [6, 6.07) is 3.08. The molecule has 1 aromatic rings. The molecule has 0 unspecified atom stereocenters. The number of amides is 2. The fraction of sp³-hybridized carbons (Fsp3) is 0.0833. The lowest BCUT2D eigenvalue weighted by molar-refractivity contribution is -0.128. The zero-order chi connectivity index (χ0) is 14.0. The molecule has 1 saturated heterocycles. The van der Waals surface area contributed by atoms with Crippen LogP contribution in [0, 0.1) is 0 Å². The summed E-state index contributed by atoms with van der Waals surface area (Å²) < 4.78 is 5.09. The molecule has 0 aromatic carbocycles. The molecule has 1 aliphatic rings. The Labute approximate surface area is 119 Å². The number of furan rings is 1. The van der Waals surface area contributed by atoms with Gasteiger partial charge >= 0.3 is 0 Å². The SMILES string of the molecule is C=CCN1C(=O)C(=Cc2ccc(Cl)o2)C(=O)NC1=S. The third-order valence-electron chi connectivity index (χ3n) is 2.38. The van der Waals surface area contributed by atoms with Crippen molar-refractivity contribution in [3.8, 4) is 0 Å². The molecule has 19 heavy (non-hydrogen) atoms. The summed E-state index contributed by atoms with van der Waals surface area (Å²) >= 11 is 10.5. The topological polar surface area (TPSA) is 62.6 Å². The van der Waals surface area contributed by atoms with Crippen molar-refractivity contribution in [1.82, 2.24) is 10.2 Å². The Morgan fingerprint density at radius 2 is 2.21 bits per heavy atom. The number of nitrogens with one attached hydrogen (secondary N) is 1. The van der Waals surface area contributed by atoms with Gasteiger partial charge in [0.25, 0.3) is 11.8 Å². The van der Waals surface area contributed by atoms with E-state index in [0.29, 0.717) is 5.76 Å². The maximum absolute atomic E-state index is 12.1. The van der Waals surface area contributed by atoms with Crippen molar-refractivity contribution >= 4 is 46.8 Å². The van der Waals surface area contributed by atoms with Crippen LogP contribution in [0.2, 0.25) is 5.22 Å². The van der Waals surface area contributed by atoms with E-state index in [1.165, 1.54) is 23.1 Å². The second-order valence-corrected chi connectivity index (χ2v) is 4.42. The summed E-state index contributed by atoms with van der Waals surface area (Å²) in [6.07, 6.45) is 2.84. The predicted octanol–water partition coefficient (Wildman–Crippen LogP) is 1.75. The molecule has 1 N–H and O–H groups in total.